The molecule has 0 amide bonds. The first kappa shape index (κ1) is 14.8. The highest BCUT2D eigenvalue weighted by Gasteiger charge is 2.24. The molecular weight excluding hydrogens is 265 g/mol. The van der Waals surface area contributed by atoms with Gasteiger partial charge < -0.3 is 10.2 Å². The number of halogens is 1. The van der Waals surface area contributed by atoms with Crippen molar-refractivity contribution in [3.05, 3.63) is 30.1 Å². The Morgan fingerprint density at radius 2 is 1.95 bits per heavy atom. The lowest BCUT2D eigenvalue weighted by Gasteiger charge is -2.39. The molecule has 2 aliphatic heterocycles. The smallest absolute Gasteiger partial charge is 0.146 e. The van der Waals surface area contributed by atoms with E-state index in [0.29, 0.717) is 6.04 Å². The molecule has 0 radical (unpaired) electrons. The van der Waals surface area contributed by atoms with Crippen LogP contribution in [0.5, 0.6) is 0 Å². The molecule has 0 aliphatic carbocycles. The van der Waals surface area contributed by atoms with Gasteiger partial charge in [-0.1, -0.05) is 12.1 Å². The summed E-state index contributed by atoms with van der Waals surface area (Å²) in [5, 5.41) is 3.52. The van der Waals surface area contributed by atoms with Crippen molar-refractivity contribution >= 4 is 5.69 Å². The lowest BCUT2D eigenvalue weighted by molar-refractivity contribution is 0.183. The molecular formula is C17H26FN3. The molecule has 0 spiro atoms. The van der Waals surface area contributed by atoms with Crippen LogP contribution in [0, 0.1) is 11.7 Å². The van der Waals surface area contributed by atoms with Crippen molar-refractivity contribution in [2.75, 3.05) is 44.2 Å². The lowest BCUT2D eigenvalue weighted by Crippen LogP contribution is -2.49. The van der Waals surface area contributed by atoms with Crippen molar-refractivity contribution in [1.82, 2.24) is 10.2 Å². The molecule has 3 nitrogen and oxygen atoms in total. The molecule has 3 rings (SSSR count). The maximum absolute atomic E-state index is 13.8. The van der Waals surface area contributed by atoms with Gasteiger partial charge in [-0.25, -0.2) is 4.39 Å². The SMILES string of the molecule is CC1CC(CN2CCN(c3ccccc3F)CC2)CCN1. The van der Waals surface area contributed by atoms with Gasteiger partial charge in [-0.05, 0) is 44.4 Å². The minimum absolute atomic E-state index is 0.0990. The first-order chi connectivity index (χ1) is 10.2. The van der Waals surface area contributed by atoms with Crippen molar-refractivity contribution in [3.8, 4) is 0 Å². The zero-order valence-electron chi connectivity index (χ0n) is 12.9. The predicted molar refractivity (Wildman–Crippen MR) is 85.2 cm³/mol. The standard InChI is InChI=1S/C17H26FN3/c1-14-12-15(6-7-19-14)13-20-8-10-21(11-9-20)17-5-3-2-4-16(17)18/h2-5,14-15,19H,6-13H2,1H3. The van der Waals surface area contributed by atoms with E-state index in [1.807, 2.05) is 12.1 Å². The van der Waals surface area contributed by atoms with Gasteiger partial charge in [-0.15, -0.1) is 0 Å². The van der Waals surface area contributed by atoms with Gasteiger partial charge in [0.1, 0.15) is 5.82 Å². The van der Waals surface area contributed by atoms with E-state index in [-0.39, 0.29) is 5.82 Å². The molecule has 2 heterocycles. The van der Waals surface area contributed by atoms with E-state index >= 15 is 0 Å². The first-order valence-electron chi connectivity index (χ1n) is 8.17. The van der Waals surface area contributed by atoms with Gasteiger partial charge in [0.15, 0.2) is 0 Å². The highest BCUT2D eigenvalue weighted by Crippen LogP contribution is 2.22. The molecule has 116 valence electrons. The van der Waals surface area contributed by atoms with Gasteiger partial charge in [0, 0.05) is 38.8 Å². The fourth-order valence-electron chi connectivity index (χ4n) is 3.65. The molecule has 0 aromatic heterocycles. The van der Waals surface area contributed by atoms with Gasteiger partial charge in [-0.3, -0.25) is 4.90 Å². The van der Waals surface area contributed by atoms with Crippen LogP contribution >= 0.6 is 0 Å². The summed E-state index contributed by atoms with van der Waals surface area (Å²) in [6.07, 6.45) is 2.57. The molecule has 1 aromatic rings. The normalized spacial score (nSPS) is 27.8. The Morgan fingerprint density at radius 1 is 1.19 bits per heavy atom. The molecule has 2 fully saturated rings. The van der Waals surface area contributed by atoms with Crippen molar-refractivity contribution in [1.29, 1.82) is 0 Å². The van der Waals surface area contributed by atoms with E-state index in [9.17, 15) is 4.39 Å². The van der Waals surface area contributed by atoms with Gasteiger partial charge >= 0.3 is 0 Å². The second-order valence-electron chi connectivity index (χ2n) is 6.48. The summed E-state index contributed by atoms with van der Waals surface area (Å²) >= 11 is 0. The van der Waals surface area contributed by atoms with E-state index in [0.717, 1.165) is 44.3 Å². The third-order valence-corrected chi connectivity index (χ3v) is 4.81. The molecule has 4 heteroatoms. The number of piperazine rings is 1. The number of para-hydroxylation sites is 1. The number of nitrogens with zero attached hydrogens (tertiary/aromatic N) is 2. The van der Waals surface area contributed by atoms with Crippen LogP contribution in [0.25, 0.3) is 0 Å². The summed E-state index contributed by atoms with van der Waals surface area (Å²) in [6, 6.07) is 7.77. The maximum Gasteiger partial charge on any atom is 0.146 e. The van der Waals surface area contributed by atoms with Crippen LogP contribution in [0.2, 0.25) is 0 Å². The molecule has 1 aromatic carbocycles. The average molecular weight is 291 g/mol. The minimum atomic E-state index is -0.0990. The Kier molecular flexibility index (Phi) is 4.76. The summed E-state index contributed by atoms with van der Waals surface area (Å²) in [6.45, 7) is 8.60. The molecule has 0 saturated carbocycles. The Labute approximate surface area is 127 Å². The Bertz CT molecular complexity index is 457. The third kappa shape index (κ3) is 3.74. The fraction of sp³-hybridized carbons (Fsp3) is 0.647. The monoisotopic (exact) mass is 291 g/mol. The van der Waals surface area contributed by atoms with Crippen LogP contribution in [0.1, 0.15) is 19.8 Å². The molecule has 0 bridgehead atoms. The van der Waals surface area contributed by atoms with E-state index in [1.54, 1.807) is 12.1 Å². The second kappa shape index (κ2) is 6.75. The number of anilines is 1. The minimum Gasteiger partial charge on any atom is -0.367 e. The third-order valence-electron chi connectivity index (χ3n) is 4.81. The second-order valence-corrected chi connectivity index (χ2v) is 6.48. The fourth-order valence-corrected chi connectivity index (χ4v) is 3.65. The number of piperidine rings is 1. The average Bonchev–Trinajstić information content (AvgIpc) is 2.49. The molecule has 2 aliphatic rings. The summed E-state index contributed by atoms with van der Waals surface area (Å²) in [7, 11) is 0. The molecule has 2 atom stereocenters. The van der Waals surface area contributed by atoms with Crippen LogP contribution in [-0.4, -0.2) is 50.2 Å². The van der Waals surface area contributed by atoms with Crippen molar-refractivity contribution in [3.63, 3.8) is 0 Å². The van der Waals surface area contributed by atoms with E-state index in [1.165, 1.54) is 19.4 Å². The van der Waals surface area contributed by atoms with Crippen LogP contribution in [-0.2, 0) is 0 Å². The highest BCUT2D eigenvalue weighted by molar-refractivity contribution is 5.47. The largest absolute Gasteiger partial charge is 0.367 e. The molecule has 1 N–H and O–H groups in total. The summed E-state index contributed by atoms with van der Waals surface area (Å²) in [5.74, 6) is 0.722. The Hall–Kier alpha value is -1.13. The van der Waals surface area contributed by atoms with Gasteiger partial charge in [0.05, 0.1) is 5.69 Å². The van der Waals surface area contributed by atoms with Crippen molar-refractivity contribution in [2.45, 2.75) is 25.8 Å². The van der Waals surface area contributed by atoms with Gasteiger partial charge in [0.25, 0.3) is 0 Å². The summed E-state index contributed by atoms with van der Waals surface area (Å²) in [5.41, 5.74) is 0.757. The van der Waals surface area contributed by atoms with Crippen LogP contribution in [0.3, 0.4) is 0 Å². The number of benzene rings is 1. The quantitative estimate of drug-likeness (QED) is 0.922. The Morgan fingerprint density at radius 3 is 2.67 bits per heavy atom. The molecule has 2 unspecified atom stereocenters. The lowest BCUT2D eigenvalue weighted by atomic mass is 9.92. The van der Waals surface area contributed by atoms with Crippen molar-refractivity contribution < 1.29 is 4.39 Å². The topological polar surface area (TPSA) is 18.5 Å². The van der Waals surface area contributed by atoms with Crippen LogP contribution in [0.15, 0.2) is 24.3 Å². The van der Waals surface area contributed by atoms with E-state index in [4.69, 9.17) is 0 Å². The van der Waals surface area contributed by atoms with E-state index in [2.05, 4.69) is 22.0 Å². The predicted octanol–water partition coefficient (Wildman–Crippen LogP) is 2.34. The zero-order chi connectivity index (χ0) is 14.7. The summed E-state index contributed by atoms with van der Waals surface area (Å²) < 4.78 is 13.8. The number of rotatable bonds is 3. The van der Waals surface area contributed by atoms with E-state index < -0.39 is 0 Å². The number of hydrogen-bond donors (Lipinski definition) is 1. The van der Waals surface area contributed by atoms with Crippen molar-refractivity contribution in [2.24, 2.45) is 5.92 Å². The first-order valence-corrected chi connectivity index (χ1v) is 8.17. The van der Waals surface area contributed by atoms with Crippen LogP contribution < -0.4 is 10.2 Å². The van der Waals surface area contributed by atoms with Crippen LogP contribution in [0.4, 0.5) is 10.1 Å². The zero-order valence-corrected chi connectivity index (χ0v) is 12.9. The van der Waals surface area contributed by atoms with Gasteiger partial charge in [-0.2, -0.15) is 0 Å². The van der Waals surface area contributed by atoms with Gasteiger partial charge in [0.2, 0.25) is 0 Å². The highest BCUT2D eigenvalue weighted by atomic mass is 19.1. The summed E-state index contributed by atoms with van der Waals surface area (Å²) in [4.78, 5) is 4.73. The molecule has 2 saturated heterocycles. The molecule has 21 heavy (non-hydrogen) atoms. The maximum atomic E-state index is 13.8. The Balaban J connectivity index is 1.50. The number of hydrogen-bond acceptors (Lipinski definition) is 3. The number of nitrogens with one attached hydrogen (secondary N) is 1.